The van der Waals surface area contributed by atoms with Crippen molar-refractivity contribution in [1.82, 2.24) is 9.55 Å². The van der Waals surface area contributed by atoms with E-state index < -0.39 is 0 Å². The maximum Gasteiger partial charge on any atom is 0.137 e. The van der Waals surface area contributed by atoms with E-state index in [2.05, 4.69) is 15.9 Å². The van der Waals surface area contributed by atoms with Crippen LogP contribution in [0.2, 0.25) is 0 Å². The summed E-state index contributed by atoms with van der Waals surface area (Å²) in [4.78, 5) is 1.98. The van der Waals surface area contributed by atoms with Crippen LogP contribution < -0.4 is 4.65 Å². The molecule has 15 heavy (non-hydrogen) atoms. The van der Waals surface area contributed by atoms with Gasteiger partial charge in [0.2, 0.25) is 0 Å². The summed E-state index contributed by atoms with van der Waals surface area (Å²) in [5.41, 5.74) is 1.87. The second-order valence-electron chi connectivity index (χ2n) is 3.94. The van der Waals surface area contributed by atoms with Crippen LogP contribution in [-0.4, -0.2) is 25.5 Å². The third-order valence-corrected chi connectivity index (χ3v) is 3.12. The quantitative estimate of drug-likeness (QED) is 0.609. The van der Waals surface area contributed by atoms with Crippen LogP contribution in [-0.2, 0) is 0 Å². The van der Waals surface area contributed by atoms with Crippen molar-refractivity contribution in [2.45, 2.75) is 0 Å². The summed E-state index contributed by atoms with van der Waals surface area (Å²) in [5.74, 6) is 0. The number of hydroxylamine groups is 2. The molecule has 0 fully saturated rings. The van der Waals surface area contributed by atoms with Gasteiger partial charge in [0.1, 0.15) is 24.1 Å². The standard InChI is InChI=1S/C11H13BrN2O/c1-13(2)10-7-14(15,8-10)11-5-3-9(12)4-6-11/h3-7H,8H2,1-2H3. The average Bonchev–Trinajstić information content (AvgIpc) is 2.13. The van der Waals surface area contributed by atoms with Crippen molar-refractivity contribution in [3.05, 3.63) is 45.8 Å². The Bertz CT molecular complexity index is 400. The lowest BCUT2D eigenvalue weighted by Gasteiger charge is -2.46. The second-order valence-corrected chi connectivity index (χ2v) is 4.86. The molecule has 0 bridgehead atoms. The van der Waals surface area contributed by atoms with Gasteiger partial charge < -0.3 is 10.1 Å². The maximum absolute atomic E-state index is 12.2. The van der Waals surface area contributed by atoms with Gasteiger partial charge in [-0.25, -0.2) is 0 Å². The number of benzene rings is 1. The first-order valence-corrected chi connectivity index (χ1v) is 5.54. The molecular formula is C11H13BrN2O. The number of rotatable bonds is 2. The van der Waals surface area contributed by atoms with Gasteiger partial charge in [0.15, 0.2) is 0 Å². The molecule has 80 valence electrons. The summed E-state index contributed by atoms with van der Waals surface area (Å²) < 4.78 is 0.649. The monoisotopic (exact) mass is 268 g/mol. The van der Waals surface area contributed by atoms with E-state index in [4.69, 9.17) is 0 Å². The Hall–Kier alpha value is -0.840. The van der Waals surface area contributed by atoms with Crippen molar-refractivity contribution in [2.75, 3.05) is 20.6 Å². The summed E-state index contributed by atoms with van der Waals surface area (Å²) in [5, 5.41) is 12.2. The molecule has 3 nitrogen and oxygen atoms in total. The lowest BCUT2D eigenvalue weighted by Crippen LogP contribution is -2.50. The highest BCUT2D eigenvalue weighted by molar-refractivity contribution is 9.10. The van der Waals surface area contributed by atoms with E-state index in [1.54, 1.807) is 6.20 Å². The first-order chi connectivity index (χ1) is 7.01. The van der Waals surface area contributed by atoms with Gasteiger partial charge in [-0.1, -0.05) is 15.9 Å². The number of hydrogen-bond donors (Lipinski definition) is 0. The predicted molar refractivity (Wildman–Crippen MR) is 65.9 cm³/mol. The molecule has 1 aromatic carbocycles. The fourth-order valence-electron chi connectivity index (χ4n) is 1.57. The van der Waals surface area contributed by atoms with Crippen LogP contribution in [0, 0.1) is 5.21 Å². The van der Waals surface area contributed by atoms with Crippen LogP contribution >= 0.6 is 15.9 Å². The van der Waals surface area contributed by atoms with Gasteiger partial charge in [0.25, 0.3) is 0 Å². The minimum absolute atomic E-state index is 0.346. The zero-order chi connectivity index (χ0) is 11.1. The molecule has 0 spiro atoms. The Morgan fingerprint density at radius 2 is 1.80 bits per heavy atom. The fraction of sp³-hybridized carbons (Fsp3) is 0.273. The molecule has 1 heterocycles. The molecule has 0 radical (unpaired) electrons. The molecular weight excluding hydrogens is 256 g/mol. The Kier molecular flexibility index (Phi) is 2.58. The SMILES string of the molecule is CN(C)C1=C[N+]([O-])(c2ccc(Br)cc2)C1. The largest absolute Gasteiger partial charge is 0.622 e. The minimum Gasteiger partial charge on any atom is -0.622 e. The fourth-order valence-corrected chi connectivity index (χ4v) is 1.84. The van der Waals surface area contributed by atoms with Gasteiger partial charge in [-0.05, 0) is 12.1 Å². The van der Waals surface area contributed by atoms with Gasteiger partial charge in [-0.15, -0.1) is 0 Å². The molecule has 1 aliphatic rings. The van der Waals surface area contributed by atoms with E-state index in [0.717, 1.165) is 15.9 Å². The predicted octanol–water partition coefficient (Wildman–Crippen LogP) is 2.67. The second kappa shape index (κ2) is 3.63. The van der Waals surface area contributed by atoms with E-state index in [0.29, 0.717) is 6.54 Å². The normalized spacial score (nSPS) is 24.4. The van der Waals surface area contributed by atoms with Crippen LogP contribution in [0.4, 0.5) is 5.69 Å². The van der Waals surface area contributed by atoms with E-state index >= 15 is 0 Å². The van der Waals surface area contributed by atoms with Crippen LogP contribution in [0.25, 0.3) is 0 Å². The molecule has 0 saturated carbocycles. The zero-order valence-electron chi connectivity index (χ0n) is 8.77. The molecule has 0 aliphatic carbocycles. The van der Waals surface area contributed by atoms with Crippen LogP contribution in [0.5, 0.6) is 0 Å². The number of halogens is 1. The Balaban J connectivity index is 2.24. The smallest absolute Gasteiger partial charge is 0.137 e. The van der Waals surface area contributed by atoms with Crippen LogP contribution in [0.3, 0.4) is 0 Å². The van der Waals surface area contributed by atoms with Crippen molar-refractivity contribution >= 4 is 21.6 Å². The average molecular weight is 269 g/mol. The number of quaternary nitrogens is 1. The van der Waals surface area contributed by atoms with Crippen LogP contribution in [0.1, 0.15) is 0 Å². The molecule has 0 N–H and O–H groups in total. The van der Waals surface area contributed by atoms with Crippen LogP contribution in [0.15, 0.2) is 40.6 Å². The Morgan fingerprint density at radius 3 is 2.27 bits per heavy atom. The van der Waals surface area contributed by atoms with E-state index in [9.17, 15) is 5.21 Å². The van der Waals surface area contributed by atoms with Crippen molar-refractivity contribution in [3.8, 4) is 0 Å². The molecule has 1 atom stereocenters. The first kappa shape index (κ1) is 10.7. The zero-order valence-corrected chi connectivity index (χ0v) is 10.4. The topological polar surface area (TPSA) is 26.3 Å². The summed E-state index contributed by atoms with van der Waals surface area (Å²) in [6.45, 7) is 0.522. The minimum atomic E-state index is -0.346. The van der Waals surface area contributed by atoms with Crippen molar-refractivity contribution in [1.29, 1.82) is 0 Å². The summed E-state index contributed by atoms with van der Waals surface area (Å²) in [7, 11) is 3.91. The first-order valence-electron chi connectivity index (χ1n) is 4.75. The number of likely N-dealkylation sites (N-methyl/N-ethyl adjacent to an activating group) is 1. The summed E-state index contributed by atoms with van der Waals surface area (Å²) in [6, 6.07) is 7.52. The van der Waals surface area contributed by atoms with E-state index in [1.165, 1.54) is 0 Å². The molecule has 1 aromatic rings. The van der Waals surface area contributed by atoms with Gasteiger partial charge in [0.05, 0.1) is 0 Å². The van der Waals surface area contributed by atoms with Crippen molar-refractivity contribution in [3.63, 3.8) is 0 Å². The van der Waals surface area contributed by atoms with E-state index in [1.807, 2.05) is 43.3 Å². The van der Waals surface area contributed by atoms with Gasteiger partial charge in [-0.3, -0.25) is 4.65 Å². The highest BCUT2D eigenvalue weighted by atomic mass is 79.9. The third kappa shape index (κ3) is 1.93. The lowest BCUT2D eigenvalue weighted by molar-refractivity contribution is 0.359. The highest BCUT2D eigenvalue weighted by Crippen LogP contribution is 2.33. The highest BCUT2D eigenvalue weighted by Gasteiger charge is 2.31. The van der Waals surface area contributed by atoms with Gasteiger partial charge >= 0.3 is 0 Å². The molecule has 0 saturated heterocycles. The lowest BCUT2D eigenvalue weighted by atomic mass is 10.2. The maximum atomic E-state index is 12.2. The number of nitrogens with zero attached hydrogens (tertiary/aromatic N) is 2. The molecule has 1 aliphatic heterocycles. The summed E-state index contributed by atoms with van der Waals surface area (Å²) >= 11 is 3.35. The third-order valence-electron chi connectivity index (χ3n) is 2.59. The Labute approximate surface area is 97.9 Å². The van der Waals surface area contributed by atoms with Gasteiger partial charge in [-0.2, -0.15) is 0 Å². The summed E-state index contributed by atoms with van der Waals surface area (Å²) in [6.07, 6.45) is 1.74. The molecule has 2 rings (SSSR count). The molecule has 0 amide bonds. The van der Waals surface area contributed by atoms with E-state index in [-0.39, 0.29) is 4.65 Å². The molecule has 0 aromatic heterocycles. The van der Waals surface area contributed by atoms with Crippen molar-refractivity contribution < 1.29 is 0 Å². The van der Waals surface area contributed by atoms with Gasteiger partial charge in [0, 0.05) is 30.7 Å². The molecule has 1 unspecified atom stereocenters. The number of hydrogen-bond acceptors (Lipinski definition) is 2. The Morgan fingerprint density at radius 1 is 1.27 bits per heavy atom. The van der Waals surface area contributed by atoms with Crippen molar-refractivity contribution in [2.24, 2.45) is 0 Å². The molecule has 4 heteroatoms.